The monoisotopic (exact) mass is 233 g/mol. The van der Waals surface area contributed by atoms with E-state index < -0.39 is 5.82 Å². The van der Waals surface area contributed by atoms with Gasteiger partial charge in [0.15, 0.2) is 17.5 Å². The number of aromatic hydroxyl groups is 1. The number of benzene rings is 1. The molecule has 0 aliphatic heterocycles. The molecule has 88 valence electrons. The highest BCUT2D eigenvalue weighted by Crippen LogP contribution is 2.37. The number of aromatic nitrogens is 1. The molecule has 1 fully saturated rings. The first-order valence-electron chi connectivity index (χ1n) is 5.68. The summed E-state index contributed by atoms with van der Waals surface area (Å²) < 4.78 is 18.3. The van der Waals surface area contributed by atoms with Crippen molar-refractivity contribution >= 4 is 0 Å². The number of nitrogens with zero attached hydrogens (tertiary/aromatic N) is 1. The molecular weight excluding hydrogens is 221 g/mol. The van der Waals surface area contributed by atoms with Gasteiger partial charge >= 0.3 is 0 Å². The van der Waals surface area contributed by atoms with Crippen molar-refractivity contribution in [3.8, 4) is 17.0 Å². The third kappa shape index (κ3) is 1.79. The maximum absolute atomic E-state index is 12.9. The van der Waals surface area contributed by atoms with Crippen molar-refractivity contribution < 1.29 is 13.9 Å². The quantitative estimate of drug-likeness (QED) is 0.864. The van der Waals surface area contributed by atoms with Gasteiger partial charge in [-0.1, -0.05) is 6.42 Å². The van der Waals surface area contributed by atoms with Crippen LogP contribution < -0.4 is 0 Å². The molecule has 4 heteroatoms. The molecule has 1 aromatic carbocycles. The van der Waals surface area contributed by atoms with Crippen molar-refractivity contribution in [3.05, 3.63) is 36.2 Å². The highest BCUT2D eigenvalue weighted by molar-refractivity contribution is 5.60. The molecule has 1 aliphatic carbocycles. The van der Waals surface area contributed by atoms with Crippen molar-refractivity contribution in [2.75, 3.05) is 0 Å². The lowest BCUT2D eigenvalue weighted by Crippen LogP contribution is -2.08. The normalized spacial score (nSPS) is 15.8. The van der Waals surface area contributed by atoms with Crippen LogP contribution in [0.5, 0.6) is 5.75 Å². The molecule has 0 atom stereocenters. The van der Waals surface area contributed by atoms with E-state index in [1.807, 2.05) is 0 Å². The van der Waals surface area contributed by atoms with Gasteiger partial charge in [-0.25, -0.2) is 9.37 Å². The van der Waals surface area contributed by atoms with Crippen LogP contribution in [0.4, 0.5) is 4.39 Å². The smallest absolute Gasteiger partial charge is 0.197 e. The number of hydrogen-bond acceptors (Lipinski definition) is 3. The SMILES string of the molecule is Oc1cc(-c2coc(C3CCC3)n2)ccc1F. The van der Waals surface area contributed by atoms with E-state index in [4.69, 9.17) is 4.42 Å². The van der Waals surface area contributed by atoms with Crippen LogP contribution in [-0.4, -0.2) is 10.1 Å². The average Bonchev–Trinajstić information content (AvgIpc) is 2.69. The fourth-order valence-corrected chi connectivity index (χ4v) is 1.93. The van der Waals surface area contributed by atoms with Crippen molar-refractivity contribution in [2.45, 2.75) is 25.2 Å². The predicted octanol–water partition coefficient (Wildman–Crippen LogP) is 3.45. The number of hydrogen-bond donors (Lipinski definition) is 1. The molecule has 0 unspecified atom stereocenters. The van der Waals surface area contributed by atoms with E-state index in [-0.39, 0.29) is 5.75 Å². The number of halogens is 1. The second-order valence-corrected chi connectivity index (χ2v) is 4.37. The first-order chi connectivity index (χ1) is 8.24. The van der Waals surface area contributed by atoms with E-state index in [9.17, 15) is 9.50 Å². The Bertz CT molecular complexity index is 546. The van der Waals surface area contributed by atoms with E-state index in [0.29, 0.717) is 17.2 Å². The van der Waals surface area contributed by atoms with E-state index >= 15 is 0 Å². The van der Waals surface area contributed by atoms with Gasteiger partial charge in [0.25, 0.3) is 0 Å². The van der Waals surface area contributed by atoms with Crippen molar-refractivity contribution in [3.63, 3.8) is 0 Å². The highest BCUT2D eigenvalue weighted by Gasteiger charge is 2.24. The van der Waals surface area contributed by atoms with Gasteiger partial charge in [-0.2, -0.15) is 0 Å². The molecule has 0 bridgehead atoms. The Morgan fingerprint density at radius 3 is 2.82 bits per heavy atom. The number of oxazole rings is 1. The molecule has 2 aromatic rings. The van der Waals surface area contributed by atoms with Crippen molar-refractivity contribution in [1.82, 2.24) is 4.98 Å². The van der Waals surface area contributed by atoms with Gasteiger partial charge in [0.1, 0.15) is 12.0 Å². The number of rotatable bonds is 2. The lowest BCUT2D eigenvalue weighted by atomic mass is 9.85. The van der Waals surface area contributed by atoms with Gasteiger partial charge < -0.3 is 9.52 Å². The van der Waals surface area contributed by atoms with Crippen LogP contribution in [0.25, 0.3) is 11.3 Å². The van der Waals surface area contributed by atoms with Crippen molar-refractivity contribution in [2.24, 2.45) is 0 Å². The van der Waals surface area contributed by atoms with Crippen LogP contribution in [0, 0.1) is 5.82 Å². The molecule has 0 saturated heterocycles. The molecule has 1 saturated carbocycles. The molecule has 0 amide bonds. The standard InChI is InChI=1S/C13H12FNO2/c14-10-5-4-9(6-12(10)16)11-7-17-13(15-11)8-2-1-3-8/h4-8,16H,1-3H2. The van der Waals surface area contributed by atoms with E-state index in [1.165, 1.54) is 18.6 Å². The molecule has 17 heavy (non-hydrogen) atoms. The average molecular weight is 233 g/mol. The summed E-state index contributed by atoms with van der Waals surface area (Å²) in [5, 5.41) is 9.30. The Morgan fingerprint density at radius 2 is 2.18 bits per heavy atom. The van der Waals surface area contributed by atoms with E-state index in [1.54, 1.807) is 12.3 Å². The molecule has 1 aliphatic rings. The lowest BCUT2D eigenvalue weighted by Gasteiger charge is -2.21. The molecule has 1 N–H and O–H groups in total. The molecule has 1 heterocycles. The predicted molar refractivity (Wildman–Crippen MR) is 60.2 cm³/mol. The summed E-state index contributed by atoms with van der Waals surface area (Å²) in [5.41, 5.74) is 1.31. The second kappa shape index (κ2) is 3.87. The minimum Gasteiger partial charge on any atom is -0.505 e. The Kier molecular flexibility index (Phi) is 2.35. The van der Waals surface area contributed by atoms with Crippen LogP contribution in [0.1, 0.15) is 31.1 Å². The summed E-state index contributed by atoms with van der Waals surface area (Å²) in [6.45, 7) is 0. The van der Waals surface area contributed by atoms with Crippen LogP contribution in [0.2, 0.25) is 0 Å². The van der Waals surface area contributed by atoms with Crippen LogP contribution >= 0.6 is 0 Å². The minimum atomic E-state index is -0.628. The Balaban J connectivity index is 1.92. The van der Waals surface area contributed by atoms with E-state index in [2.05, 4.69) is 4.98 Å². The summed E-state index contributed by atoms with van der Waals surface area (Å²) in [6, 6.07) is 4.16. The minimum absolute atomic E-state index is 0.365. The summed E-state index contributed by atoms with van der Waals surface area (Å²) in [5.74, 6) is 0.181. The van der Waals surface area contributed by atoms with Crippen molar-refractivity contribution in [1.29, 1.82) is 0 Å². The highest BCUT2D eigenvalue weighted by atomic mass is 19.1. The number of phenolic OH excluding ortho intramolecular Hbond substituents is 1. The maximum atomic E-state index is 12.9. The van der Waals surface area contributed by atoms with Gasteiger partial charge in [-0.15, -0.1) is 0 Å². The number of phenols is 1. The third-order valence-electron chi connectivity index (χ3n) is 3.22. The molecule has 1 aromatic heterocycles. The maximum Gasteiger partial charge on any atom is 0.197 e. The fourth-order valence-electron chi connectivity index (χ4n) is 1.93. The molecule has 3 nitrogen and oxygen atoms in total. The van der Waals surface area contributed by atoms with Gasteiger partial charge in [0, 0.05) is 11.5 Å². The largest absolute Gasteiger partial charge is 0.505 e. The second-order valence-electron chi connectivity index (χ2n) is 4.37. The third-order valence-corrected chi connectivity index (χ3v) is 3.22. The molecule has 0 spiro atoms. The van der Waals surface area contributed by atoms with Crippen LogP contribution in [-0.2, 0) is 0 Å². The van der Waals surface area contributed by atoms with Gasteiger partial charge in [0.2, 0.25) is 0 Å². The summed E-state index contributed by atoms with van der Waals surface area (Å²) >= 11 is 0. The fraction of sp³-hybridized carbons (Fsp3) is 0.308. The molecular formula is C13H12FNO2. The van der Waals surface area contributed by atoms with Crippen LogP contribution in [0.3, 0.4) is 0 Å². The Morgan fingerprint density at radius 1 is 1.35 bits per heavy atom. The van der Waals surface area contributed by atoms with E-state index in [0.717, 1.165) is 18.7 Å². The Hall–Kier alpha value is -1.84. The summed E-state index contributed by atoms with van der Waals surface area (Å²) in [7, 11) is 0. The zero-order chi connectivity index (χ0) is 11.8. The lowest BCUT2D eigenvalue weighted by molar-refractivity contribution is 0.335. The first-order valence-corrected chi connectivity index (χ1v) is 5.68. The molecule has 0 radical (unpaired) electrons. The topological polar surface area (TPSA) is 46.3 Å². The van der Waals surface area contributed by atoms with Gasteiger partial charge in [-0.05, 0) is 31.0 Å². The van der Waals surface area contributed by atoms with Crippen LogP contribution in [0.15, 0.2) is 28.9 Å². The summed E-state index contributed by atoms with van der Waals surface area (Å²) in [4.78, 5) is 4.37. The molecule has 3 rings (SSSR count). The first kappa shape index (κ1) is 10.3. The summed E-state index contributed by atoms with van der Waals surface area (Å²) in [6.07, 6.45) is 5.02. The zero-order valence-corrected chi connectivity index (χ0v) is 9.19. The van der Waals surface area contributed by atoms with Gasteiger partial charge in [0.05, 0.1) is 0 Å². The van der Waals surface area contributed by atoms with Gasteiger partial charge in [-0.3, -0.25) is 0 Å². The Labute approximate surface area is 97.9 Å². The zero-order valence-electron chi connectivity index (χ0n) is 9.19.